The molecular formula is C16H13ClN2O3. The van der Waals surface area contributed by atoms with Gasteiger partial charge in [0.2, 0.25) is 0 Å². The number of nitro groups is 1. The average molecular weight is 317 g/mol. The SMILES string of the molecule is Cc1ccc(C(=O)C=CNc2ccc(Cl)c([N+](=O)[O-])c2)cc1. The molecule has 2 rings (SSSR count). The summed E-state index contributed by atoms with van der Waals surface area (Å²) in [7, 11) is 0. The molecule has 0 radical (unpaired) electrons. The molecular weight excluding hydrogens is 304 g/mol. The quantitative estimate of drug-likeness (QED) is 0.385. The summed E-state index contributed by atoms with van der Waals surface area (Å²) >= 11 is 5.73. The zero-order chi connectivity index (χ0) is 16.1. The lowest BCUT2D eigenvalue weighted by Gasteiger charge is -2.02. The fraction of sp³-hybridized carbons (Fsp3) is 0.0625. The number of rotatable bonds is 5. The number of allylic oxidation sites excluding steroid dienone is 1. The van der Waals surface area contributed by atoms with Crippen molar-refractivity contribution in [3.8, 4) is 0 Å². The van der Waals surface area contributed by atoms with E-state index in [1.54, 1.807) is 18.2 Å². The van der Waals surface area contributed by atoms with Crippen molar-refractivity contribution < 1.29 is 9.72 Å². The molecule has 5 nitrogen and oxygen atoms in total. The molecule has 0 aliphatic heterocycles. The standard InChI is InChI=1S/C16H13ClN2O3/c1-11-2-4-12(5-3-11)16(20)8-9-18-13-6-7-14(17)15(10-13)19(21)22/h2-10,18H,1H3. The molecule has 22 heavy (non-hydrogen) atoms. The second kappa shape index (κ2) is 6.87. The first-order valence-corrected chi connectivity index (χ1v) is 6.83. The van der Waals surface area contributed by atoms with Gasteiger partial charge in [0.1, 0.15) is 5.02 Å². The van der Waals surface area contributed by atoms with Crippen LogP contribution in [0.5, 0.6) is 0 Å². The molecule has 0 aromatic heterocycles. The first-order chi connectivity index (χ1) is 10.5. The van der Waals surface area contributed by atoms with Crippen LogP contribution in [0.3, 0.4) is 0 Å². The maximum Gasteiger partial charge on any atom is 0.289 e. The number of hydrogen-bond acceptors (Lipinski definition) is 4. The Morgan fingerprint density at radius 1 is 1.23 bits per heavy atom. The van der Waals surface area contributed by atoms with Crippen molar-refractivity contribution in [2.45, 2.75) is 6.92 Å². The summed E-state index contributed by atoms with van der Waals surface area (Å²) in [4.78, 5) is 22.1. The monoisotopic (exact) mass is 316 g/mol. The lowest BCUT2D eigenvalue weighted by molar-refractivity contribution is -0.384. The molecule has 0 spiro atoms. The normalized spacial score (nSPS) is 10.6. The Hall–Kier alpha value is -2.66. The second-order valence-electron chi connectivity index (χ2n) is 4.63. The third-order valence-corrected chi connectivity index (χ3v) is 3.28. The van der Waals surface area contributed by atoms with E-state index in [-0.39, 0.29) is 16.5 Å². The Balaban J connectivity index is 2.06. The van der Waals surface area contributed by atoms with E-state index in [0.717, 1.165) is 5.56 Å². The van der Waals surface area contributed by atoms with Crippen molar-refractivity contribution in [2.75, 3.05) is 5.32 Å². The minimum absolute atomic E-state index is 0.0651. The van der Waals surface area contributed by atoms with E-state index in [1.165, 1.54) is 24.4 Å². The number of carbonyl (C=O) groups excluding carboxylic acids is 1. The highest BCUT2D eigenvalue weighted by atomic mass is 35.5. The molecule has 2 aromatic rings. The number of carbonyl (C=O) groups is 1. The van der Waals surface area contributed by atoms with Gasteiger partial charge in [0, 0.05) is 29.6 Å². The molecule has 0 amide bonds. The second-order valence-corrected chi connectivity index (χ2v) is 5.04. The minimum atomic E-state index is -0.561. The molecule has 1 N–H and O–H groups in total. The molecule has 2 aromatic carbocycles. The predicted octanol–water partition coefficient (Wildman–Crippen LogP) is 4.37. The van der Waals surface area contributed by atoms with Crippen LogP contribution in [0.2, 0.25) is 5.02 Å². The Bertz CT molecular complexity index is 740. The topological polar surface area (TPSA) is 72.2 Å². The summed E-state index contributed by atoms with van der Waals surface area (Å²) in [6, 6.07) is 11.5. The van der Waals surface area contributed by atoms with E-state index < -0.39 is 4.92 Å². The van der Waals surface area contributed by atoms with Crippen molar-refractivity contribution in [3.63, 3.8) is 0 Å². The van der Waals surface area contributed by atoms with Crippen LogP contribution in [0, 0.1) is 17.0 Å². The Morgan fingerprint density at radius 3 is 2.55 bits per heavy atom. The number of nitrogens with one attached hydrogen (secondary N) is 1. The van der Waals surface area contributed by atoms with Crippen LogP contribution in [0.4, 0.5) is 11.4 Å². The van der Waals surface area contributed by atoms with Crippen LogP contribution in [0.25, 0.3) is 0 Å². The highest BCUT2D eigenvalue weighted by Crippen LogP contribution is 2.27. The van der Waals surface area contributed by atoms with Crippen molar-refractivity contribution >= 4 is 28.8 Å². The summed E-state index contributed by atoms with van der Waals surface area (Å²) in [5, 5.41) is 13.7. The minimum Gasteiger partial charge on any atom is -0.361 e. The lowest BCUT2D eigenvalue weighted by Crippen LogP contribution is -1.97. The van der Waals surface area contributed by atoms with Gasteiger partial charge < -0.3 is 5.32 Å². The average Bonchev–Trinajstić information content (AvgIpc) is 2.49. The molecule has 0 aliphatic rings. The molecule has 0 saturated heterocycles. The number of hydrogen-bond donors (Lipinski definition) is 1. The Labute approximate surface area is 132 Å². The van der Waals surface area contributed by atoms with Gasteiger partial charge in [0.15, 0.2) is 5.78 Å². The number of anilines is 1. The zero-order valence-corrected chi connectivity index (χ0v) is 12.5. The van der Waals surface area contributed by atoms with Crippen LogP contribution in [0.1, 0.15) is 15.9 Å². The van der Waals surface area contributed by atoms with Crippen molar-refractivity contribution in [1.29, 1.82) is 0 Å². The van der Waals surface area contributed by atoms with Gasteiger partial charge in [-0.3, -0.25) is 14.9 Å². The zero-order valence-electron chi connectivity index (χ0n) is 11.7. The van der Waals surface area contributed by atoms with E-state index in [0.29, 0.717) is 11.3 Å². The van der Waals surface area contributed by atoms with Gasteiger partial charge in [0.05, 0.1) is 4.92 Å². The number of nitrogens with zero attached hydrogens (tertiary/aromatic N) is 1. The van der Waals surface area contributed by atoms with Gasteiger partial charge >= 0.3 is 0 Å². The fourth-order valence-electron chi connectivity index (χ4n) is 1.77. The molecule has 0 bridgehead atoms. The summed E-state index contributed by atoms with van der Waals surface area (Å²) < 4.78 is 0. The van der Waals surface area contributed by atoms with Gasteiger partial charge in [-0.25, -0.2) is 0 Å². The molecule has 6 heteroatoms. The number of nitro benzene ring substituents is 1. The third-order valence-electron chi connectivity index (χ3n) is 2.96. The van der Waals surface area contributed by atoms with Crippen LogP contribution >= 0.6 is 11.6 Å². The highest BCUT2D eigenvalue weighted by Gasteiger charge is 2.12. The number of halogens is 1. The largest absolute Gasteiger partial charge is 0.361 e. The molecule has 0 saturated carbocycles. The maximum atomic E-state index is 11.9. The summed E-state index contributed by atoms with van der Waals surface area (Å²) in [5.41, 5.74) is 1.94. The summed E-state index contributed by atoms with van der Waals surface area (Å²) in [6.45, 7) is 1.94. The van der Waals surface area contributed by atoms with E-state index in [4.69, 9.17) is 11.6 Å². The van der Waals surface area contributed by atoms with E-state index in [1.807, 2.05) is 19.1 Å². The summed E-state index contributed by atoms with van der Waals surface area (Å²) in [5.74, 6) is -0.157. The van der Waals surface area contributed by atoms with Crippen LogP contribution < -0.4 is 5.32 Å². The van der Waals surface area contributed by atoms with Crippen LogP contribution in [-0.2, 0) is 0 Å². The van der Waals surface area contributed by atoms with Crippen LogP contribution in [0.15, 0.2) is 54.7 Å². The third kappa shape index (κ3) is 3.93. The van der Waals surface area contributed by atoms with Crippen molar-refractivity contribution in [3.05, 3.63) is 81.0 Å². The molecule has 0 aliphatic carbocycles. The van der Waals surface area contributed by atoms with E-state index in [9.17, 15) is 14.9 Å². The highest BCUT2D eigenvalue weighted by molar-refractivity contribution is 6.32. The van der Waals surface area contributed by atoms with E-state index >= 15 is 0 Å². The van der Waals surface area contributed by atoms with Crippen molar-refractivity contribution in [1.82, 2.24) is 0 Å². The Morgan fingerprint density at radius 2 is 1.91 bits per heavy atom. The fourth-order valence-corrected chi connectivity index (χ4v) is 1.96. The molecule has 0 unspecified atom stereocenters. The van der Waals surface area contributed by atoms with Gasteiger partial charge in [-0.1, -0.05) is 41.4 Å². The van der Waals surface area contributed by atoms with Gasteiger partial charge in [-0.15, -0.1) is 0 Å². The molecule has 0 fully saturated rings. The molecule has 0 heterocycles. The van der Waals surface area contributed by atoms with Gasteiger partial charge in [0.25, 0.3) is 5.69 Å². The first-order valence-electron chi connectivity index (χ1n) is 6.45. The Kier molecular flexibility index (Phi) is 4.91. The first kappa shape index (κ1) is 15.7. The summed E-state index contributed by atoms with van der Waals surface area (Å²) in [6.07, 6.45) is 2.81. The van der Waals surface area contributed by atoms with Gasteiger partial charge in [-0.05, 0) is 19.1 Å². The lowest BCUT2D eigenvalue weighted by atomic mass is 10.1. The molecule has 0 atom stereocenters. The van der Waals surface area contributed by atoms with E-state index in [2.05, 4.69) is 5.32 Å². The number of aryl methyl sites for hydroxylation is 1. The smallest absolute Gasteiger partial charge is 0.289 e. The van der Waals surface area contributed by atoms with Crippen LogP contribution in [-0.4, -0.2) is 10.7 Å². The predicted molar refractivity (Wildman–Crippen MR) is 86.4 cm³/mol. The molecule has 112 valence electrons. The maximum absolute atomic E-state index is 11.9. The number of ketones is 1. The van der Waals surface area contributed by atoms with Crippen molar-refractivity contribution in [2.24, 2.45) is 0 Å². The van der Waals surface area contributed by atoms with Gasteiger partial charge in [-0.2, -0.15) is 0 Å². The number of benzene rings is 2.